The molecule has 0 spiro atoms. The van der Waals surface area contributed by atoms with Crippen LogP contribution in [0.15, 0.2) is 0 Å². The number of rotatable bonds is 10. The fraction of sp³-hybridized carbons (Fsp3) is 0.700. The number of aromatic amines is 1. The van der Waals surface area contributed by atoms with E-state index in [9.17, 15) is 9.59 Å². The average Bonchev–Trinajstić information content (AvgIpc) is 2.90. The number of esters is 2. The van der Waals surface area contributed by atoms with Gasteiger partial charge < -0.3 is 24.7 Å². The van der Waals surface area contributed by atoms with Crippen molar-refractivity contribution >= 4 is 11.9 Å². The monoisotopic (exact) mass is 381 g/mol. The number of hydrogen-bond donors (Lipinski definition) is 2. The van der Waals surface area contributed by atoms with E-state index in [0.29, 0.717) is 29.1 Å². The molecule has 0 amide bonds. The van der Waals surface area contributed by atoms with E-state index in [-0.39, 0.29) is 6.61 Å². The molecule has 0 aliphatic heterocycles. The molecule has 2 N–H and O–H groups in total. The highest BCUT2D eigenvalue weighted by atomic mass is 16.6. The number of carbonyl (C=O) groups is 2. The molecule has 1 heterocycles. The largest absolute Gasteiger partial charge is 0.462 e. The Morgan fingerprint density at radius 2 is 1.74 bits per heavy atom. The van der Waals surface area contributed by atoms with E-state index in [1.165, 1.54) is 0 Å². The molecule has 1 rings (SSSR count). The molecule has 0 aliphatic rings. The summed E-state index contributed by atoms with van der Waals surface area (Å²) >= 11 is 0. The first-order valence-corrected chi connectivity index (χ1v) is 9.69. The minimum atomic E-state index is -0.610. The van der Waals surface area contributed by atoms with Crippen molar-refractivity contribution in [3.8, 4) is 0 Å². The summed E-state index contributed by atoms with van der Waals surface area (Å²) in [4.78, 5) is 30.3. The first kappa shape index (κ1) is 23.2. The second-order valence-corrected chi connectivity index (χ2v) is 7.40. The maximum atomic E-state index is 12.5. The lowest BCUT2D eigenvalue weighted by molar-refractivity contribution is 0.00625. The molecule has 7 nitrogen and oxygen atoms in total. The molecule has 0 unspecified atom stereocenters. The van der Waals surface area contributed by atoms with Crippen molar-refractivity contribution in [1.29, 1.82) is 0 Å². The van der Waals surface area contributed by atoms with Crippen LogP contribution in [0.2, 0.25) is 0 Å². The Balaban J connectivity index is 2.98. The van der Waals surface area contributed by atoms with Gasteiger partial charge in [-0.25, -0.2) is 9.59 Å². The van der Waals surface area contributed by atoms with Crippen LogP contribution in [-0.4, -0.2) is 60.2 Å². The molecule has 7 heteroatoms. The zero-order chi connectivity index (χ0) is 20.6. The number of carbonyl (C=O) groups excluding carboxylic acids is 2. The van der Waals surface area contributed by atoms with E-state index in [1.807, 2.05) is 20.8 Å². The van der Waals surface area contributed by atoms with Crippen LogP contribution in [-0.2, 0) is 16.0 Å². The molecule has 0 bridgehead atoms. The number of nitrogens with zero attached hydrogens (tertiary/aromatic N) is 1. The quantitative estimate of drug-likeness (QED) is 0.479. The van der Waals surface area contributed by atoms with Gasteiger partial charge in [-0.3, -0.25) is 0 Å². The fourth-order valence-electron chi connectivity index (χ4n) is 2.79. The Hall–Kier alpha value is -1.86. The molecule has 27 heavy (non-hydrogen) atoms. The van der Waals surface area contributed by atoms with Gasteiger partial charge in [0.05, 0.1) is 12.2 Å². The number of aromatic nitrogens is 1. The zero-order valence-electron chi connectivity index (χ0n) is 17.8. The summed E-state index contributed by atoms with van der Waals surface area (Å²) in [6, 6.07) is 0. The van der Waals surface area contributed by atoms with E-state index in [1.54, 1.807) is 13.8 Å². The van der Waals surface area contributed by atoms with Crippen LogP contribution in [0.5, 0.6) is 0 Å². The molecule has 0 saturated heterocycles. The third-order valence-electron chi connectivity index (χ3n) is 4.21. The molecule has 0 aliphatic carbocycles. The predicted molar refractivity (Wildman–Crippen MR) is 106 cm³/mol. The van der Waals surface area contributed by atoms with Crippen LogP contribution in [0, 0.1) is 6.92 Å². The van der Waals surface area contributed by atoms with Gasteiger partial charge in [0.1, 0.15) is 11.3 Å². The first-order chi connectivity index (χ1) is 12.6. The van der Waals surface area contributed by atoms with Crippen LogP contribution >= 0.6 is 0 Å². The van der Waals surface area contributed by atoms with Gasteiger partial charge in [-0.15, -0.1) is 0 Å². The topological polar surface area (TPSA) is 83.7 Å². The van der Waals surface area contributed by atoms with Gasteiger partial charge in [-0.2, -0.15) is 0 Å². The Morgan fingerprint density at radius 1 is 1.11 bits per heavy atom. The molecular formula is C20H35N3O4. The highest BCUT2D eigenvalue weighted by Gasteiger charge is 2.27. The highest BCUT2D eigenvalue weighted by molar-refractivity contribution is 5.98. The maximum Gasteiger partial charge on any atom is 0.355 e. The van der Waals surface area contributed by atoms with Gasteiger partial charge in [0.15, 0.2) is 0 Å². The van der Waals surface area contributed by atoms with Gasteiger partial charge in [-0.05, 0) is 53.3 Å². The molecular weight excluding hydrogens is 346 g/mol. The number of ether oxygens (including phenoxy) is 2. The number of hydrogen-bond acceptors (Lipinski definition) is 6. The highest BCUT2D eigenvalue weighted by Crippen LogP contribution is 2.22. The van der Waals surface area contributed by atoms with E-state index in [4.69, 9.17) is 9.47 Å². The van der Waals surface area contributed by atoms with Crippen LogP contribution in [0.1, 0.15) is 73.6 Å². The average molecular weight is 382 g/mol. The normalized spacial score (nSPS) is 11.7. The lowest BCUT2D eigenvalue weighted by Crippen LogP contribution is -2.32. The Bertz CT molecular complexity index is 628. The smallest absolute Gasteiger partial charge is 0.355 e. The summed E-state index contributed by atoms with van der Waals surface area (Å²) in [6.07, 6.45) is 0. The van der Waals surface area contributed by atoms with Gasteiger partial charge in [-0.1, -0.05) is 13.8 Å². The SMILES string of the molecule is CCOC(=O)c1c(CNCCN(CC)CC)[nH]c(C(=O)OC(C)(C)C)c1C. The van der Waals surface area contributed by atoms with Gasteiger partial charge in [0.25, 0.3) is 0 Å². The molecule has 0 radical (unpaired) electrons. The lowest BCUT2D eigenvalue weighted by atomic mass is 10.1. The summed E-state index contributed by atoms with van der Waals surface area (Å²) in [5.74, 6) is -0.901. The predicted octanol–water partition coefficient (Wildman–Crippen LogP) is 2.89. The maximum absolute atomic E-state index is 12.5. The van der Waals surface area contributed by atoms with Crippen molar-refractivity contribution < 1.29 is 19.1 Å². The molecule has 0 atom stereocenters. The Morgan fingerprint density at radius 3 is 2.26 bits per heavy atom. The lowest BCUT2D eigenvalue weighted by Gasteiger charge is -2.19. The van der Waals surface area contributed by atoms with Crippen molar-refractivity contribution in [3.05, 3.63) is 22.5 Å². The standard InChI is InChI=1S/C20H35N3O4/c1-8-23(9-2)12-11-21-13-15-16(18(24)26-10-3)14(4)17(22-15)19(25)27-20(5,6)7/h21-22H,8-13H2,1-7H3. The summed E-state index contributed by atoms with van der Waals surface area (Å²) < 4.78 is 10.6. The Kier molecular flexibility index (Phi) is 8.99. The Labute approximate surface area is 162 Å². The fourth-order valence-corrected chi connectivity index (χ4v) is 2.79. The van der Waals surface area contributed by atoms with Crippen molar-refractivity contribution in [1.82, 2.24) is 15.2 Å². The minimum absolute atomic E-state index is 0.278. The van der Waals surface area contributed by atoms with Crippen LogP contribution in [0.4, 0.5) is 0 Å². The number of nitrogens with one attached hydrogen (secondary N) is 2. The second-order valence-electron chi connectivity index (χ2n) is 7.40. The molecule has 0 fully saturated rings. The van der Waals surface area contributed by atoms with Gasteiger partial charge in [0.2, 0.25) is 0 Å². The molecule has 0 aromatic carbocycles. The van der Waals surface area contributed by atoms with E-state index >= 15 is 0 Å². The van der Waals surface area contributed by atoms with Crippen LogP contribution < -0.4 is 5.32 Å². The third-order valence-corrected chi connectivity index (χ3v) is 4.21. The van der Waals surface area contributed by atoms with Gasteiger partial charge in [0, 0.05) is 25.3 Å². The van der Waals surface area contributed by atoms with Crippen LogP contribution in [0.3, 0.4) is 0 Å². The summed E-state index contributed by atoms with van der Waals surface area (Å²) in [5, 5.41) is 3.33. The van der Waals surface area contributed by atoms with E-state index < -0.39 is 17.5 Å². The number of H-pyrrole nitrogens is 1. The second kappa shape index (κ2) is 10.5. The summed E-state index contributed by atoms with van der Waals surface area (Å²) in [7, 11) is 0. The van der Waals surface area contributed by atoms with Crippen LogP contribution in [0.25, 0.3) is 0 Å². The van der Waals surface area contributed by atoms with E-state index in [0.717, 1.165) is 26.2 Å². The van der Waals surface area contributed by atoms with Gasteiger partial charge >= 0.3 is 11.9 Å². The summed E-state index contributed by atoms with van der Waals surface area (Å²) in [6.45, 7) is 17.6. The van der Waals surface area contributed by atoms with Crippen molar-refractivity contribution in [2.75, 3.05) is 32.8 Å². The molecule has 154 valence electrons. The summed E-state index contributed by atoms with van der Waals surface area (Å²) in [5.41, 5.74) is 1.30. The first-order valence-electron chi connectivity index (χ1n) is 9.69. The zero-order valence-corrected chi connectivity index (χ0v) is 17.8. The number of likely N-dealkylation sites (N-methyl/N-ethyl adjacent to an activating group) is 1. The molecule has 1 aromatic heterocycles. The van der Waals surface area contributed by atoms with Crippen molar-refractivity contribution in [2.24, 2.45) is 0 Å². The van der Waals surface area contributed by atoms with E-state index in [2.05, 4.69) is 29.0 Å². The third kappa shape index (κ3) is 6.99. The van der Waals surface area contributed by atoms with Crippen molar-refractivity contribution in [3.63, 3.8) is 0 Å². The minimum Gasteiger partial charge on any atom is -0.462 e. The van der Waals surface area contributed by atoms with Crippen molar-refractivity contribution in [2.45, 2.75) is 60.6 Å². The molecule has 1 aromatic rings. The molecule has 0 saturated carbocycles.